The molecule has 0 radical (unpaired) electrons. The maximum Gasteiger partial charge on any atom is 0.239 e. The first-order chi connectivity index (χ1) is 9.06. The van der Waals surface area contributed by atoms with Gasteiger partial charge < -0.3 is 15.3 Å². The van der Waals surface area contributed by atoms with Gasteiger partial charge in [0.2, 0.25) is 5.91 Å². The summed E-state index contributed by atoms with van der Waals surface area (Å²) in [5, 5.41) is 12.6. The summed E-state index contributed by atoms with van der Waals surface area (Å²) < 4.78 is 0. The van der Waals surface area contributed by atoms with Gasteiger partial charge in [-0.15, -0.1) is 0 Å². The number of piperidine rings is 1. The van der Waals surface area contributed by atoms with E-state index < -0.39 is 0 Å². The first kappa shape index (κ1) is 14.8. The van der Waals surface area contributed by atoms with Crippen LogP contribution in [0.15, 0.2) is 0 Å². The van der Waals surface area contributed by atoms with Gasteiger partial charge in [-0.2, -0.15) is 0 Å². The van der Waals surface area contributed by atoms with Crippen molar-refractivity contribution in [2.24, 2.45) is 11.8 Å². The number of aliphatic hydroxyl groups excluding tert-OH is 1. The molecule has 2 N–H and O–H groups in total. The molecule has 0 aliphatic carbocycles. The third-order valence-corrected chi connectivity index (χ3v) is 4.48. The van der Waals surface area contributed by atoms with Gasteiger partial charge in [-0.3, -0.25) is 4.79 Å². The van der Waals surface area contributed by atoms with Crippen LogP contribution in [0.25, 0.3) is 0 Å². The van der Waals surface area contributed by atoms with Crippen LogP contribution in [-0.4, -0.2) is 47.7 Å². The van der Waals surface area contributed by atoms with Crippen molar-refractivity contribution < 1.29 is 9.90 Å². The zero-order chi connectivity index (χ0) is 13.8. The molecule has 1 amide bonds. The summed E-state index contributed by atoms with van der Waals surface area (Å²) in [6.45, 7) is 6.90. The van der Waals surface area contributed by atoms with E-state index in [9.17, 15) is 9.90 Å². The number of carbonyl (C=O) groups excluding carboxylic acids is 1. The number of rotatable bonds is 4. The van der Waals surface area contributed by atoms with E-state index in [0.29, 0.717) is 13.0 Å². The van der Waals surface area contributed by atoms with Crippen LogP contribution in [0, 0.1) is 11.8 Å². The molecule has 19 heavy (non-hydrogen) atoms. The average molecular weight is 268 g/mol. The van der Waals surface area contributed by atoms with Crippen LogP contribution in [0.2, 0.25) is 0 Å². The maximum atomic E-state index is 12.3. The van der Waals surface area contributed by atoms with Crippen LogP contribution in [-0.2, 0) is 4.79 Å². The van der Waals surface area contributed by atoms with Crippen LogP contribution in [0.3, 0.4) is 0 Å². The second-order valence-electron chi connectivity index (χ2n) is 6.59. The fourth-order valence-corrected chi connectivity index (χ4v) is 3.14. The second-order valence-corrected chi connectivity index (χ2v) is 6.59. The van der Waals surface area contributed by atoms with Gasteiger partial charge in [-0.1, -0.05) is 26.7 Å². The highest BCUT2D eigenvalue weighted by atomic mass is 16.3. The van der Waals surface area contributed by atoms with Crippen molar-refractivity contribution in [3.05, 3.63) is 0 Å². The molecule has 2 saturated heterocycles. The van der Waals surface area contributed by atoms with Crippen LogP contribution in [0.5, 0.6) is 0 Å². The Morgan fingerprint density at radius 1 is 1.37 bits per heavy atom. The first-order valence-electron chi connectivity index (χ1n) is 7.76. The number of likely N-dealkylation sites (tertiary alicyclic amines) is 1. The normalized spacial score (nSPS) is 29.2. The van der Waals surface area contributed by atoms with E-state index in [1.807, 2.05) is 4.90 Å². The molecule has 2 heterocycles. The molecule has 4 nitrogen and oxygen atoms in total. The van der Waals surface area contributed by atoms with Gasteiger partial charge in [0.05, 0.1) is 12.1 Å². The van der Waals surface area contributed by atoms with Crippen LogP contribution < -0.4 is 5.32 Å². The number of carbonyl (C=O) groups is 1. The summed E-state index contributed by atoms with van der Waals surface area (Å²) in [7, 11) is 0. The SMILES string of the molecule is CC(C)CCC1CCN(C(=O)[C@H]2C[C@@H](O)CN2)CC1. The Kier molecular flexibility index (Phi) is 5.22. The number of amides is 1. The first-order valence-corrected chi connectivity index (χ1v) is 7.76. The molecule has 4 heteroatoms. The van der Waals surface area contributed by atoms with Crippen molar-refractivity contribution in [3.8, 4) is 0 Å². The minimum Gasteiger partial charge on any atom is -0.392 e. The molecule has 0 saturated carbocycles. The molecule has 2 rings (SSSR count). The lowest BCUT2D eigenvalue weighted by Crippen LogP contribution is -2.47. The van der Waals surface area contributed by atoms with E-state index in [2.05, 4.69) is 19.2 Å². The molecule has 0 aromatic rings. The summed E-state index contributed by atoms with van der Waals surface area (Å²) in [6.07, 6.45) is 5.13. The molecule has 0 aromatic heterocycles. The van der Waals surface area contributed by atoms with E-state index in [4.69, 9.17) is 0 Å². The number of nitrogens with one attached hydrogen (secondary N) is 1. The zero-order valence-corrected chi connectivity index (χ0v) is 12.3. The quantitative estimate of drug-likeness (QED) is 0.810. The van der Waals surface area contributed by atoms with Crippen molar-refractivity contribution in [2.45, 2.75) is 58.1 Å². The highest BCUT2D eigenvalue weighted by Crippen LogP contribution is 2.24. The van der Waals surface area contributed by atoms with Crippen LogP contribution in [0.4, 0.5) is 0 Å². The fourth-order valence-electron chi connectivity index (χ4n) is 3.14. The second kappa shape index (κ2) is 6.71. The van der Waals surface area contributed by atoms with Crippen molar-refractivity contribution in [2.75, 3.05) is 19.6 Å². The number of hydrogen-bond acceptors (Lipinski definition) is 3. The summed E-state index contributed by atoms with van der Waals surface area (Å²) in [4.78, 5) is 14.3. The minimum atomic E-state index is -0.350. The van der Waals surface area contributed by atoms with Gasteiger partial charge in [0, 0.05) is 19.6 Å². The third kappa shape index (κ3) is 4.18. The Hall–Kier alpha value is -0.610. The van der Waals surface area contributed by atoms with E-state index >= 15 is 0 Å². The third-order valence-electron chi connectivity index (χ3n) is 4.48. The zero-order valence-electron chi connectivity index (χ0n) is 12.3. The standard InChI is InChI=1S/C15H28N2O2/c1-11(2)3-4-12-5-7-17(8-6-12)15(19)14-9-13(18)10-16-14/h11-14,16,18H,3-10H2,1-2H3/t13-,14-/m1/s1. The van der Waals surface area contributed by atoms with Crippen molar-refractivity contribution in [3.63, 3.8) is 0 Å². The van der Waals surface area contributed by atoms with Crippen LogP contribution >= 0.6 is 0 Å². The topological polar surface area (TPSA) is 52.6 Å². The lowest BCUT2D eigenvalue weighted by molar-refractivity contribution is -0.134. The van der Waals surface area contributed by atoms with Gasteiger partial charge in [0.15, 0.2) is 0 Å². The van der Waals surface area contributed by atoms with E-state index in [-0.39, 0.29) is 18.1 Å². The summed E-state index contributed by atoms with van der Waals surface area (Å²) in [5.74, 6) is 1.77. The maximum absolute atomic E-state index is 12.3. The predicted molar refractivity (Wildman–Crippen MR) is 75.8 cm³/mol. The number of aliphatic hydroxyl groups is 1. The summed E-state index contributed by atoms with van der Waals surface area (Å²) >= 11 is 0. The van der Waals surface area contributed by atoms with Crippen LogP contribution in [0.1, 0.15) is 46.0 Å². The molecular formula is C15H28N2O2. The number of hydrogen-bond donors (Lipinski definition) is 2. The Morgan fingerprint density at radius 2 is 2.05 bits per heavy atom. The largest absolute Gasteiger partial charge is 0.392 e. The molecule has 2 aliphatic heterocycles. The average Bonchev–Trinajstić information content (AvgIpc) is 2.83. The predicted octanol–water partition coefficient (Wildman–Crippen LogP) is 1.38. The highest BCUT2D eigenvalue weighted by molar-refractivity contribution is 5.82. The Balaban J connectivity index is 1.72. The van der Waals surface area contributed by atoms with Gasteiger partial charge in [-0.25, -0.2) is 0 Å². The molecular weight excluding hydrogens is 240 g/mol. The number of nitrogens with zero attached hydrogens (tertiary/aromatic N) is 1. The Labute approximate surface area is 116 Å². The fraction of sp³-hybridized carbons (Fsp3) is 0.933. The van der Waals surface area contributed by atoms with Gasteiger partial charge in [0.1, 0.15) is 0 Å². The highest BCUT2D eigenvalue weighted by Gasteiger charge is 2.32. The van der Waals surface area contributed by atoms with Crippen molar-refractivity contribution in [1.29, 1.82) is 0 Å². The lowest BCUT2D eigenvalue weighted by Gasteiger charge is -2.33. The van der Waals surface area contributed by atoms with Gasteiger partial charge >= 0.3 is 0 Å². The number of β-amino-alcohol motifs (C(OH)–C–C–N with tert-alkyl or cyclic N) is 1. The Bertz CT molecular complexity index is 299. The van der Waals surface area contributed by atoms with E-state index in [0.717, 1.165) is 37.8 Å². The molecule has 0 bridgehead atoms. The van der Waals surface area contributed by atoms with E-state index in [1.54, 1.807) is 0 Å². The summed E-state index contributed by atoms with van der Waals surface area (Å²) in [6, 6.07) is -0.151. The lowest BCUT2D eigenvalue weighted by atomic mass is 9.89. The smallest absolute Gasteiger partial charge is 0.239 e. The monoisotopic (exact) mass is 268 g/mol. The van der Waals surface area contributed by atoms with Crippen molar-refractivity contribution in [1.82, 2.24) is 10.2 Å². The van der Waals surface area contributed by atoms with Gasteiger partial charge in [-0.05, 0) is 31.1 Å². The van der Waals surface area contributed by atoms with Crippen molar-refractivity contribution >= 4 is 5.91 Å². The Morgan fingerprint density at radius 3 is 2.58 bits per heavy atom. The van der Waals surface area contributed by atoms with E-state index in [1.165, 1.54) is 12.8 Å². The molecule has 0 unspecified atom stereocenters. The summed E-state index contributed by atoms with van der Waals surface area (Å²) in [5.41, 5.74) is 0. The van der Waals surface area contributed by atoms with Gasteiger partial charge in [0.25, 0.3) is 0 Å². The molecule has 0 aromatic carbocycles. The molecule has 2 aliphatic rings. The molecule has 2 fully saturated rings. The minimum absolute atomic E-state index is 0.151. The molecule has 0 spiro atoms. The molecule has 2 atom stereocenters. The molecule has 110 valence electrons.